The first-order valence-corrected chi connectivity index (χ1v) is 9.58. The van der Waals surface area contributed by atoms with Crippen LogP contribution in [0.2, 0.25) is 10.0 Å². The van der Waals surface area contributed by atoms with Gasteiger partial charge in [0, 0.05) is 15.3 Å². The second-order valence-corrected chi connectivity index (χ2v) is 7.67. The van der Waals surface area contributed by atoms with E-state index in [1.54, 1.807) is 12.1 Å². The molecule has 0 atom stereocenters. The first-order chi connectivity index (χ1) is 12.6. The Labute approximate surface area is 173 Å². The van der Waals surface area contributed by atoms with Crippen LogP contribution >= 0.6 is 45.8 Å². The van der Waals surface area contributed by atoms with Crippen molar-refractivity contribution >= 4 is 68.8 Å². The van der Waals surface area contributed by atoms with Crippen molar-refractivity contribution in [2.24, 2.45) is 4.99 Å². The van der Waals surface area contributed by atoms with Gasteiger partial charge in [0.15, 0.2) is 5.58 Å². The smallest absolute Gasteiger partial charge is 0.227 e. The molecule has 0 fully saturated rings. The minimum atomic E-state index is 0.467. The normalized spacial score (nSPS) is 11.5. The summed E-state index contributed by atoms with van der Waals surface area (Å²) in [4.78, 5) is 9.07. The molecular formula is C20H11Cl2IN2O. The summed E-state index contributed by atoms with van der Waals surface area (Å²) in [6, 6.07) is 19.1. The van der Waals surface area contributed by atoms with Crippen LogP contribution in [0.15, 0.2) is 70.1 Å². The monoisotopic (exact) mass is 492 g/mol. The molecule has 1 aromatic heterocycles. The molecular weight excluding hydrogens is 482 g/mol. The van der Waals surface area contributed by atoms with E-state index in [9.17, 15) is 0 Å². The summed E-state index contributed by atoms with van der Waals surface area (Å²) >= 11 is 14.3. The Hall–Kier alpha value is -1.89. The molecule has 3 nitrogen and oxygen atoms in total. The van der Waals surface area contributed by atoms with Gasteiger partial charge in [-0.15, -0.1) is 0 Å². The Morgan fingerprint density at radius 3 is 2.65 bits per heavy atom. The molecule has 0 radical (unpaired) electrons. The van der Waals surface area contributed by atoms with Crippen molar-refractivity contribution in [3.63, 3.8) is 0 Å². The van der Waals surface area contributed by atoms with Gasteiger partial charge in [-0.3, -0.25) is 4.99 Å². The quantitative estimate of drug-likeness (QED) is 0.225. The van der Waals surface area contributed by atoms with E-state index in [-0.39, 0.29) is 0 Å². The SMILES string of the molecule is Clc1ccc(-c2nc3cc(N=Cc4cccc(I)c4)ccc3o2)cc1Cl. The second-order valence-electron chi connectivity index (χ2n) is 5.61. The Morgan fingerprint density at radius 2 is 1.85 bits per heavy atom. The van der Waals surface area contributed by atoms with Crippen molar-refractivity contribution in [1.29, 1.82) is 0 Å². The average molecular weight is 493 g/mol. The van der Waals surface area contributed by atoms with Crippen molar-refractivity contribution < 1.29 is 4.42 Å². The number of hydrogen-bond acceptors (Lipinski definition) is 3. The molecule has 0 bridgehead atoms. The minimum absolute atomic E-state index is 0.467. The number of halogens is 3. The number of fused-ring (bicyclic) bond motifs is 1. The lowest BCUT2D eigenvalue weighted by atomic mass is 10.2. The van der Waals surface area contributed by atoms with Crippen molar-refractivity contribution in [3.05, 3.63) is 79.8 Å². The van der Waals surface area contributed by atoms with Crippen molar-refractivity contribution in [3.8, 4) is 11.5 Å². The molecule has 0 amide bonds. The lowest BCUT2D eigenvalue weighted by Gasteiger charge is -1.97. The molecule has 6 heteroatoms. The predicted molar refractivity (Wildman–Crippen MR) is 116 cm³/mol. The first-order valence-electron chi connectivity index (χ1n) is 7.74. The zero-order valence-corrected chi connectivity index (χ0v) is 17.0. The fourth-order valence-corrected chi connectivity index (χ4v) is 3.35. The third kappa shape index (κ3) is 3.77. The summed E-state index contributed by atoms with van der Waals surface area (Å²) in [6.45, 7) is 0. The molecule has 4 rings (SSSR count). The fraction of sp³-hybridized carbons (Fsp3) is 0. The maximum absolute atomic E-state index is 6.08. The molecule has 0 aliphatic carbocycles. The van der Waals surface area contributed by atoms with Gasteiger partial charge in [0.25, 0.3) is 0 Å². The lowest BCUT2D eigenvalue weighted by Crippen LogP contribution is -1.81. The Morgan fingerprint density at radius 1 is 0.962 bits per heavy atom. The number of nitrogens with zero attached hydrogens (tertiary/aromatic N) is 2. The summed E-state index contributed by atoms with van der Waals surface area (Å²) in [5.41, 5.74) is 4.07. The van der Waals surface area contributed by atoms with E-state index in [1.807, 2.05) is 48.7 Å². The molecule has 0 N–H and O–H groups in total. The number of oxazole rings is 1. The van der Waals surface area contributed by atoms with Crippen LogP contribution in [0, 0.1) is 3.57 Å². The Balaban J connectivity index is 1.66. The molecule has 1 heterocycles. The van der Waals surface area contributed by atoms with E-state index in [2.05, 4.69) is 38.6 Å². The molecule has 3 aromatic carbocycles. The van der Waals surface area contributed by atoms with E-state index in [4.69, 9.17) is 27.6 Å². The highest BCUT2D eigenvalue weighted by Gasteiger charge is 2.10. The number of aromatic nitrogens is 1. The van der Waals surface area contributed by atoms with Crippen LogP contribution in [0.25, 0.3) is 22.6 Å². The highest BCUT2D eigenvalue weighted by Crippen LogP contribution is 2.31. The van der Waals surface area contributed by atoms with Gasteiger partial charge < -0.3 is 4.42 Å². The summed E-state index contributed by atoms with van der Waals surface area (Å²) in [5.74, 6) is 0.498. The van der Waals surface area contributed by atoms with Crippen LogP contribution < -0.4 is 0 Å². The third-order valence-corrected chi connectivity index (χ3v) is 5.16. The van der Waals surface area contributed by atoms with Gasteiger partial charge >= 0.3 is 0 Å². The van der Waals surface area contributed by atoms with E-state index in [1.165, 1.54) is 3.57 Å². The molecule has 0 saturated heterocycles. The zero-order valence-electron chi connectivity index (χ0n) is 13.3. The molecule has 26 heavy (non-hydrogen) atoms. The van der Waals surface area contributed by atoms with Crippen LogP contribution in [-0.2, 0) is 0 Å². The number of rotatable bonds is 3. The van der Waals surface area contributed by atoms with Gasteiger partial charge in [-0.1, -0.05) is 35.3 Å². The van der Waals surface area contributed by atoms with E-state index >= 15 is 0 Å². The molecule has 0 spiro atoms. The largest absolute Gasteiger partial charge is 0.436 e. The molecule has 0 aliphatic rings. The molecule has 0 saturated carbocycles. The van der Waals surface area contributed by atoms with Crippen LogP contribution in [0.5, 0.6) is 0 Å². The maximum Gasteiger partial charge on any atom is 0.227 e. The third-order valence-electron chi connectivity index (χ3n) is 3.75. The number of aliphatic imine (C=N–C) groups is 1. The summed E-state index contributed by atoms with van der Waals surface area (Å²) in [5, 5.41) is 0.966. The summed E-state index contributed by atoms with van der Waals surface area (Å²) < 4.78 is 6.99. The van der Waals surface area contributed by atoms with Crippen LogP contribution in [0.4, 0.5) is 5.69 Å². The second kappa shape index (κ2) is 7.39. The van der Waals surface area contributed by atoms with Gasteiger partial charge in [-0.2, -0.15) is 0 Å². The van der Waals surface area contributed by atoms with E-state index in [0.29, 0.717) is 21.5 Å². The number of hydrogen-bond donors (Lipinski definition) is 0. The van der Waals surface area contributed by atoms with Crippen LogP contribution in [0.3, 0.4) is 0 Å². The number of benzene rings is 3. The molecule has 0 aliphatic heterocycles. The molecule has 128 valence electrons. The van der Waals surface area contributed by atoms with Gasteiger partial charge in [0.2, 0.25) is 5.89 Å². The highest BCUT2D eigenvalue weighted by molar-refractivity contribution is 14.1. The Kier molecular flexibility index (Phi) is 4.98. The molecule has 4 aromatic rings. The average Bonchev–Trinajstić information content (AvgIpc) is 3.05. The van der Waals surface area contributed by atoms with Gasteiger partial charge in [0.05, 0.1) is 15.7 Å². The van der Waals surface area contributed by atoms with Gasteiger partial charge in [0.1, 0.15) is 5.52 Å². The van der Waals surface area contributed by atoms with Crippen molar-refractivity contribution in [1.82, 2.24) is 4.98 Å². The first kappa shape index (κ1) is 17.5. The van der Waals surface area contributed by atoms with Crippen LogP contribution in [0.1, 0.15) is 5.56 Å². The van der Waals surface area contributed by atoms with Crippen LogP contribution in [-0.4, -0.2) is 11.2 Å². The Bertz CT molecular complexity index is 1140. The maximum atomic E-state index is 6.08. The zero-order chi connectivity index (χ0) is 18.1. The van der Waals surface area contributed by atoms with Gasteiger partial charge in [-0.25, -0.2) is 4.98 Å². The predicted octanol–water partition coefficient (Wildman–Crippen LogP) is 7.16. The lowest BCUT2D eigenvalue weighted by molar-refractivity contribution is 0.620. The van der Waals surface area contributed by atoms with E-state index in [0.717, 1.165) is 22.3 Å². The summed E-state index contributed by atoms with van der Waals surface area (Å²) in [7, 11) is 0. The summed E-state index contributed by atoms with van der Waals surface area (Å²) in [6.07, 6.45) is 1.84. The van der Waals surface area contributed by atoms with Crippen molar-refractivity contribution in [2.45, 2.75) is 0 Å². The van der Waals surface area contributed by atoms with E-state index < -0.39 is 0 Å². The molecule has 0 unspecified atom stereocenters. The van der Waals surface area contributed by atoms with Crippen molar-refractivity contribution in [2.75, 3.05) is 0 Å². The topological polar surface area (TPSA) is 38.4 Å². The highest BCUT2D eigenvalue weighted by atomic mass is 127. The standard InChI is InChI=1S/C20H11Cl2IN2O/c21-16-6-4-13(9-17(16)22)20-25-18-10-15(5-7-19(18)26-20)24-11-12-2-1-3-14(23)8-12/h1-11H. The van der Waals surface area contributed by atoms with Gasteiger partial charge in [-0.05, 0) is 76.7 Å². The minimum Gasteiger partial charge on any atom is -0.436 e. The fourth-order valence-electron chi connectivity index (χ4n) is 2.48.